The van der Waals surface area contributed by atoms with E-state index in [1.54, 1.807) is 19.2 Å². The maximum atomic E-state index is 9.59. The van der Waals surface area contributed by atoms with Crippen LogP contribution in [0.5, 0.6) is 11.5 Å². The summed E-state index contributed by atoms with van der Waals surface area (Å²) in [4.78, 5) is 0. The summed E-state index contributed by atoms with van der Waals surface area (Å²) in [5.74, 6) is 1.11. The highest BCUT2D eigenvalue weighted by molar-refractivity contribution is 5.89. The van der Waals surface area contributed by atoms with Crippen LogP contribution < -0.4 is 9.30 Å². The van der Waals surface area contributed by atoms with Gasteiger partial charge < -0.3 is 9.84 Å². The van der Waals surface area contributed by atoms with Gasteiger partial charge in [-0.3, -0.25) is 0 Å². The molecule has 0 radical (unpaired) electrons. The topological polar surface area (TPSA) is 33.3 Å². The Balaban J connectivity index is 2.45. The Kier molecular flexibility index (Phi) is 2.33. The zero-order valence-electron chi connectivity index (χ0n) is 10.3. The lowest BCUT2D eigenvalue weighted by atomic mass is 10.1. The van der Waals surface area contributed by atoms with E-state index in [0.717, 1.165) is 27.6 Å². The Hall–Kier alpha value is -2.29. The van der Waals surface area contributed by atoms with E-state index in [4.69, 9.17) is 4.74 Å². The highest BCUT2D eigenvalue weighted by atomic mass is 16.5. The summed E-state index contributed by atoms with van der Waals surface area (Å²) < 4.78 is 7.31. The third kappa shape index (κ3) is 1.56. The number of pyridine rings is 1. The number of fused-ring (bicyclic) bond motifs is 2. The number of aromatic hydroxyl groups is 1. The zero-order chi connectivity index (χ0) is 12.7. The Bertz CT molecular complexity index is 750. The highest BCUT2D eigenvalue weighted by Gasteiger charge is 2.12. The number of phenols is 1. The van der Waals surface area contributed by atoms with Gasteiger partial charge in [0.25, 0.3) is 0 Å². The Morgan fingerprint density at radius 1 is 0.944 bits per heavy atom. The number of aromatic nitrogens is 1. The summed E-state index contributed by atoms with van der Waals surface area (Å²) in [5, 5.41) is 11.8. The van der Waals surface area contributed by atoms with Crippen LogP contribution in [0.4, 0.5) is 0 Å². The lowest BCUT2D eigenvalue weighted by Gasteiger charge is -2.04. The van der Waals surface area contributed by atoms with Crippen LogP contribution in [0.1, 0.15) is 0 Å². The number of ether oxygens (including phenoxy) is 1. The van der Waals surface area contributed by atoms with Crippen molar-refractivity contribution < 1.29 is 14.4 Å². The monoisotopic (exact) mass is 240 g/mol. The Morgan fingerprint density at radius 2 is 1.61 bits per heavy atom. The van der Waals surface area contributed by atoms with Crippen LogP contribution in [-0.2, 0) is 7.05 Å². The molecule has 90 valence electrons. The number of benzene rings is 2. The van der Waals surface area contributed by atoms with Gasteiger partial charge in [0.2, 0.25) is 11.0 Å². The van der Waals surface area contributed by atoms with Gasteiger partial charge >= 0.3 is 0 Å². The van der Waals surface area contributed by atoms with Crippen LogP contribution in [-0.4, -0.2) is 12.2 Å². The summed E-state index contributed by atoms with van der Waals surface area (Å²) in [6.45, 7) is 0. The fraction of sp³-hybridized carbons (Fsp3) is 0.133. The largest absolute Gasteiger partial charge is 0.508 e. The van der Waals surface area contributed by atoms with Crippen LogP contribution in [0.2, 0.25) is 0 Å². The lowest BCUT2D eigenvalue weighted by molar-refractivity contribution is -0.617. The predicted molar refractivity (Wildman–Crippen MR) is 70.8 cm³/mol. The molecule has 3 aromatic rings. The van der Waals surface area contributed by atoms with Crippen molar-refractivity contribution in [2.45, 2.75) is 0 Å². The van der Waals surface area contributed by atoms with Gasteiger partial charge in [-0.25, -0.2) is 0 Å². The van der Waals surface area contributed by atoms with Crippen molar-refractivity contribution in [3.8, 4) is 11.5 Å². The van der Waals surface area contributed by atoms with E-state index < -0.39 is 0 Å². The molecule has 18 heavy (non-hydrogen) atoms. The molecule has 0 unspecified atom stereocenters. The zero-order valence-corrected chi connectivity index (χ0v) is 10.3. The van der Waals surface area contributed by atoms with Crippen LogP contribution in [0, 0.1) is 0 Å². The molecule has 0 bridgehead atoms. The molecule has 1 heterocycles. The summed E-state index contributed by atoms with van der Waals surface area (Å²) >= 11 is 0. The highest BCUT2D eigenvalue weighted by Crippen LogP contribution is 2.23. The molecule has 0 amide bonds. The molecule has 1 N–H and O–H groups in total. The molecule has 0 saturated heterocycles. The molecule has 0 aliphatic carbocycles. The normalized spacial score (nSPS) is 11.0. The maximum absolute atomic E-state index is 9.59. The van der Waals surface area contributed by atoms with Gasteiger partial charge in [0, 0.05) is 10.8 Å². The SMILES string of the molecule is COc1ccc2cc3ccc(O)cc3[n+](C)c2c1. The van der Waals surface area contributed by atoms with E-state index in [0.29, 0.717) is 0 Å². The first kappa shape index (κ1) is 10.8. The van der Waals surface area contributed by atoms with Gasteiger partial charge in [-0.2, -0.15) is 4.57 Å². The van der Waals surface area contributed by atoms with E-state index in [2.05, 4.69) is 10.6 Å². The number of nitrogens with zero attached hydrogens (tertiary/aromatic N) is 1. The molecule has 3 heteroatoms. The molecule has 3 nitrogen and oxygen atoms in total. The van der Waals surface area contributed by atoms with Crippen molar-refractivity contribution in [2.75, 3.05) is 7.11 Å². The average molecular weight is 240 g/mol. The van der Waals surface area contributed by atoms with E-state index in [9.17, 15) is 5.11 Å². The number of methoxy groups -OCH3 is 1. The molecular weight excluding hydrogens is 226 g/mol. The van der Waals surface area contributed by atoms with Crippen LogP contribution in [0.3, 0.4) is 0 Å². The van der Waals surface area contributed by atoms with Gasteiger partial charge in [0.1, 0.15) is 18.5 Å². The van der Waals surface area contributed by atoms with E-state index >= 15 is 0 Å². The molecule has 0 aliphatic rings. The van der Waals surface area contributed by atoms with Gasteiger partial charge in [0.05, 0.1) is 19.2 Å². The van der Waals surface area contributed by atoms with Crippen LogP contribution >= 0.6 is 0 Å². The lowest BCUT2D eigenvalue weighted by Crippen LogP contribution is -2.29. The second-order valence-electron chi connectivity index (χ2n) is 4.37. The minimum Gasteiger partial charge on any atom is -0.508 e. The smallest absolute Gasteiger partial charge is 0.216 e. The standard InChI is InChI=1S/C15H13NO2/c1-16-14-8-12(17)5-3-10(14)7-11-4-6-13(18-2)9-15(11)16/h3-9H,1-2H3/p+1. The summed E-state index contributed by atoms with van der Waals surface area (Å²) in [6.07, 6.45) is 0. The van der Waals surface area contributed by atoms with Crippen molar-refractivity contribution in [2.24, 2.45) is 7.05 Å². The molecular formula is C15H14NO2+. The summed E-state index contributed by atoms with van der Waals surface area (Å²) in [6, 6.07) is 13.5. The van der Waals surface area contributed by atoms with E-state index in [1.807, 2.05) is 31.3 Å². The number of hydrogen-bond donors (Lipinski definition) is 1. The summed E-state index contributed by atoms with van der Waals surface area (Å²) in [5.41, 5.74) is 2.07. The molecule has 0 fully saturated rings. The number of aryl methyl sites for hydroxylation is 1. The maximum Gasteiger partial charge on any atom is 0.216 e. The number of hydrogen-bond acceptors (Lipinski definition) is 2. The fourth-order valence-electron chi connectivity index (χ4n) is 2.30. The minimum absolute atomic E-state index is 0.278. The van der Waals surface area contributed by atoms with Crippen molar-refractivity contribution in [1.82, 2.24) is 0 Å². The minimum atomic E-state index is 0.278. The molecule has 0 atom stereocenters. The Labute approximate surface area is 105 Å². The first-order valence-corrected chi connectivity index (χ1v) is 5.78. The van der Waals surface area contributed by atoms with Gasteiger partial charge in [-0.1, -0.05) is 0 Å². The average Bonchev–Trinajstić information content (AvgIpc) is 2.40. The number of phenolic OH excluding ortho intramolecular Hbond substituents is 1. The van der Waals surface area contributed by atoms with Crippen LogP contribution in [0.25, 0.3) is 21.8 Å². The molecule has 0 spiro atoms. The van der Waals surface area contributed by atoms with Crippen molar-refractivity contribution in [3.63, 3.8) is 0 Å². The van der Waals surface area contributed by atoms with Gasteiger partial charge in [-0.05, 0) is 30.3 Å². The first-order chi connectivity index (χ1) is 8.69. The van der Waals surface area contributed by atoms with Crippen molar-refractivity contribution in [3.05, 3.63) is 42.5 Å². The molecule has 2 aromatic carbocycles. The number of rotatable bonds is 1. The Morgan fingerprint density at radius 3 is 2.33 bits per heavy atom. The van der Waals surface area contributed by atoms with Crippen molar-refractivity contribution in [1.29, 1.82) is 0 Å². The predicted octanol–water partition coefficient (Wildman–Crippen LogP) is 2.53. The quantitative estimate of drug-likeness (QED) is 0.524. The van der Waals surface area contributed by atoms with Crippen molar-refractivity contribution >= 4 is 21.8 Å². The molecule has 3 rings (SSSR count). The molecule has 1 aromatic heterocycles. The molecule has 0 saturated carbocycles. The third-order valence-electron chi connectivity index (χ3n) is 3.29. The van der Waals surface area contributed by atoms with E-state index in [-0.39, 0.29) is 5.75 Å². The second-order valence-corrected chi connectivity index (χ2v) is 4.37. The molecule has 0 aliphatic heterocycles. The third-order valence-corrected chi connectivity index (χ3v) is 3.29. The first-order valence-electron chi connectivity index (χ1n) is 5.78. The van der Waals surface area contributed by atoms with Gasteiger partial charge in [0.15, 0.2) is 0 Å². The van der Waals surface area contributed by atoms with Gasteiger partial charge in [-0.15, -0.1) is 0 Å². The second kappa shape index (κ2) is 3.88. The fourth-order valence-corrected chi connectivity index (χ4v) is 2.30. The summed E-state index contributed by atoms with van der Waals surface area (Å²) in [7, 11) is 3.65. The van der Waals surface area contributed by atoms with Crippen LogP contribution in [0.15, 0.2) is 42.5 Å². The van der Waals surface area contributed by atoms with E-state index in [1.165, 1.54) is 0 Å².